The van der Waals surface area contributed by atoms with Crippen LogP contribution in [0.5, 0.6) is 0 Å². The lowest BCUT2D eigenvalue weighted by Crippen LogP contribution is -2.35. The van der Waals surface area contributed by atoms with Crippen LogP contribution in [0, 0.1) is 0 Å². The van der Waals surface area contributed by atoms with Crippen molar-refractivity contribution in [1.82, 2.24) is 9.97 Å². The summed E-state index contributed by atoms with van der Waals surface area (Å²) in [5.74, 6) is 0.132. The van der Waals surface area contributed by atoms with Gasteiger partial charge in [0, 0.05) is 17.6 Å². The molecule has 3 aromatic rings. The topological polar surface area (TPSA) is 46.1 Å². The second kappa shape index (κ2) is 6.24. The lowest BCUT2D eigenvalue weighted by Gasteiger charge is -2.21. The highest BCUT2D eigenvalue weighted by Gasteiger charge is 2.28. The first-order chi connectivity index (χ1) is 11.7. The molecule has 0 spiro atoms. The van der Waals surface area contributed by atoms with Crippen LogP contribution < -0.4 is 4.90 Å². The molecule has 1 aromatic heterocycles. The van der Waals surface area contributed by atoms with Crippen LogP contribution in [0.3, 0.4) is 0 Å². The number of nitrogens with zero attached hydrogens (tertiary/aromatic N) is 3. The Kier molecular flexibility index (Phi) is 3.94. The van der Waals surface area contributed by atoms with Crippen LogP contribution in [0.1, 0.15) is 12.5 Å². The first kappa shape index (κ1) is 15.1. The normalized spacial score (nSPS) is 14.6. The predicted molar refractivity (Wildman–Crippen MR) is 97.4 cm³/mol. The van der Waals surface area contributed by atoms with Gasteiger partial charge in [-0.15, -0.1) is 0 Å². The zero-order chi connectivity index (χ0) is 16.5. The molecule has 0 radical (unpaired) electrons. The molecule has 0 fully saturated rings. The molecule has 4 nitrogen and oxygen atoms in total. The summed E-state index contributed by atoms with van der Waals surface area (Å²) in [4.78, 5) is 23.5. The fraction of sp³-hybridized carbons (Fsp3) is 0.211. The van der Waals surface area contributed by atoms with Gasteiger partial charge in [0.1, 0.15) is 11.4 Å². The number of aromatic nitrogens is 2. The number of thioether (sulfide) groups is 1. The highest BCUT2D eigenvalue weighted by Crippen LogP contribution is 2.32. The first-order valence-corrected chi connectivity index (χ1v) is 8.87. The molecule has 1 aliphatic heterocycles. The van der Waals surface area contributed by atoms with Crippen LogP contribution in [0.15, 0.2) is 59.9 Å². The number of carbonyl (C=O) groups is 1. The summed E-state index contributed by atoms with van der Waals surface area (Å²) in [6.45, 7) is 2.71. The van der Waals surface area contributed by atoms with E-state index >= 15 is 0 Å². The maximum atomic E-state index is 12.9. The Morgan fingerprint density at radius 1 is 1.12 bits per heavy atom. The molecule has 0 saturated carbocycles. The van der Waals surface area contributed by atoms with Crippen molar-refractivity contribution in [2.24, 2.45) is 0 Å². The summed E-state index contributed by atoms with van der Waals surface area (Å²) < 4.78 is 0. The Labute approximate surface area is 144 Å². The Morgan fingerprint density at radius 2 is 1.92 bits per heavy atom. The summed E-state index contributed by atoms with van der Waals surface area (Å²) >= 11 is 1.50. The molecule has 0 N–H and O–H groups in total. The van der Waals surface area contributed by atoms with Gasteiger partial charge in [-0.05, 0) is 31.0 Å². The number of para-hydroxylation sites is 2. The highest BCUT2D eigenvalue weighted by atomic mass is 32.2. The molecule has 24 heavy (non-hydrogen) atoms. The molecule has 4 rings (SSSR count). The second-order valence-corrected chi connectivity index (χ2v) is 7.15. The van der Waals surface area contributed by atoms with E-state index in [0.717, 1.165) is 34.6 Å². The van der Waals surface area contributed by atoms with Crippen molar-refractivity contribution < 1.29 is 4.79 Å². The van der Waals surface area contributed by atoms with Gasteiger partial charge in [-0.3, -0.25) is 4.79 Å². The minimum Gasteiger partial charge on any atom is -0.311 e. The maximum absolute atomic E-state index is 12.9. The number of carbonyl (C=O) groups excluding carboxylic acids is 1. The van der Waals surface area contributed by atoms with Crippen LogP contribution >= 0.6 is 11.8 Å². The largest absolute Gasteiger partial charge is 0.311 e. The van der Waals surface area contributed by atoms with Crippen LogP contribution in [-0.4, -0.2) is 27.7 Å². The Balaban J connectivity index is 1.58. The van der Waals surface area contributed by atoms with E-state index in [1.165, 1.54) is 17.3 Å². The molecule has 5 heteroatoms. The van der Waals surface area contributed by atoms with E-state index in [1.807, 2.05) is 54.3 Å². The predicted octanol–water partition coefficient (Wildman–Crippen LogP) is 3.70. The van der Waals surface area contributed by atoms with E-state index in [-0.39, 0.29) is 11.2 Å². The van der Waals surface area contributed by atoms with Crippen molar-refractivity contribution in [1.29, 1.82) is 0 Å². The molecular weight excluding hydrogens is 318 g/mol. The fourth-order valence-corrected chi connectivity index (χ4v) is 4.05. The standard InChI is InChI=1S/C19H17N3OS/c1-13(19(23)22-11-10-14-6-2-5-9-17(14)22)24-18-15-7-3-4-8-16(15)20-12-21-18/h2-9,12-13H,10-11H2,1H3/t13-/m0/s1. The number of hydrogen-bond acceptors (Lipinski definition) is 4. The van der Waals surface area contributed by atoms with Crippen molar-refractivity contribution in [3.63, 3.8) is 0 Å². The zero-order valence-electron chi connectivity index (χ0n) is 13.3. The number of rotatable bonds is 3. The van der Waals surface area contributed by atoms with E-state index in [2.05, 4.69) is 16.0 Å². The SMILES string of the molecule is C[C@H](Sc1ncnc2ccccc12)C(=O)N1CCc2ccccc21. The lowest BCUT2D eigenvalue weighted by atomic mass is 10.2. The van der Waals surface area contributed by atoms with E-state index in [9.17, 15) is 4.79 Å². The minimum atomic E-state index is -0.200. The highest BCUT2D eigenvalue weighted by molar-refractivity contribution is 8.00. The average Bonchev–Trinajstić information content (AvgIpc) is 3.05. The summed E-state index contributed by atoms with van der Waals surface area (Å²) in [5.41, 5.74) is 3.19. The van der Waals surface area contributed by atoms with Crippen molar-refractivity contribution in [2.75, 3.05) is 11.4 Å². The summed E-state index contributed by atoms with van der Waals surface area (Å²) in [7, 11) is 0. The van der Waals surface area contributed by atoms with E-state index in [0.29, 0.717) is 0 Å². The van der Waals surface area contributed by atoms with Gasteiger partial charge in [0.25, 0.3) is 0 Å². The average molecular weight is 335 g/mol. The smallest absolute Gasteiger partial charge is 0.240 e. The molecule has 120 valence electrons. The molecule has 2 aromatic carbocycles. The third-order valence-electron chi connectivity index (χ3n) is 4.30. The lowest BCUT2D eigenvalue weighted by molar-refractivity contribution is -0.117. The number of fused-ring (bicyclic) bond motifs is 2. The van der Waals surface area contributed by atoms with Gasteiger partial charge in [-0.1, -0.05) is 48.2 Å². The van der Waals surface area contributed by atoms with Crippen LogP contribution in [0.25, 0.3) is 10.9 Å². The van der Waals surface area contributed by atoms with Crippen molar-refractivity contribution in [3.05, 3.63) is 60.4 Å². The maximum Gasteiger partial charge on any atom is 0.240 e. The summed E-state index contributed by atoms with van der Waals surface area (Å²) in [6.07, 6.45) is 2.49. The van der Waals surface area contributed by atoms with Gasteiger partial charge in [-0.25, -0.2) is 9.97 Å². The van der Waals surface area contributed by atoms with Gasteiger partial charge in [0.05, 0.1) is 10.8 Å². The first-order valence-electron chi connectivity index (χ1n) is 8.00. The molecule has 0 saturated heterocycles. The van der Waals surface area contributed by atoms with Gasteiger partial charge < -0.3 is 4.90 Å². The molecule has 2 heterocycles. The van der Waals surface area contributed by atoms with Crippen LogP contribution in [0.2, 0.25) is 0 Å². The monoisotopic (exact) mass is 335 g/mol. The van der Waals surface area contributed by atoms with Crippen molar-refractivity contribution >= 4 is 34.3 Å². The second-order valence-electron chi connectivity index (χ2n) is 5.82. The third-order valence-corrected chi connectivity index (χ3v) is 5.40. The molecule has 0 aliphatic carbocycles. The molecule has 0 bridgehead atoms. The Morgan fingerprint density at radius 3 is 2.83 bits per heavy atom. The summed E-state index contributed by atoms with van der Waals surface area (Å²) in [5, 5.41) is 1.65. The molecule has 0 unspecified atom stereocenters. The number of benzene rings is 2. The Hall–Kier alpha value is -2.40. The number of anilines is 1. The zero-order valence-corrected chi connectivity index (χ0v) is 14.2. The van der Waals surface area contributed by atoms with Gasteiger partial charge in [0.2, 0.25) is 5.91 Å². The van der Waals surface area contributed by atoms with Crippen LogP contribution in [-0.2, 0) is 11.2 Å². The molecule has 1 amide bonds. The molecular formula is C19H17N3OS. The number of hydrogen-bond donors (Lipinski definition) is 0. The Bertz CT molecular complexity index is 907. The van der Waals surface area contributed by atoms with Gasteiger partial charge in [-0.2, -0.15) is 0 Å². The van der Waals surface area contributed by atoms with E-state index in [1.54, 1.807) is 6.33 Å². The molecule has 1 atom stereocenters. The minimum absolute atomic E-state index is 0.132. The van der Waals surface area contributed by atoms with Crippen LogP contribution in [0.4, 0.5) is 5.69 Å². The third kappa shape index (κ3) is 2.65. The van der Waals surface area contributed by atoms with E-state index in [4.69, 9.17) is 0 Å². The fourth-order valence-electron chi connectivity index (χ4n) is 3.08. The van der Waals surface area contributed by atoms with Gasteiger partial charge >= 0.3 is 0 Å². The van der Waals surface area contributed by atoms with Gasteiger partial charge in [0.15, 0.2) is 0 Å². The quantitative estimate of drug-likeness (QED) is 0.541. The molecule has 1 aliphatic rings. The van der Waals surface area contributed by atoms with Crippen molar-refractivity contribution in [2.45, 2.75) is 23.6 Å². The van der Waals surface area contributed by atoms with Crippen molar-refractivity contribution in [3.8, 4) is 0 Å². The number of amides is 1. The van der Waals surface area contributed by atoms with E-state index < -0.39 is 0 Å². The summed E-state index contributed by atoms with van der Waals surface area (Å²) in [6, 6.07) is 16.0.